The highest BCUT2D eigenvalue weighted by Crippen LogP contribution is 2.32. The summed E-state index contributed by atoms with van der Waals surface area (Å²) in [6.45, 7) is 8.61. The molecule has 2 aliphatic rings. The van der Waals surface area contributed by atoms with Crippen molar-refractivity contribution in [2.75, 3.05) is 26.2 Å². The molecule has 0 aromatic carbocycles. The summed E-state index contributed by atoms with van der Waals surface area (Å²) in [5.74, 6) is 1.61. The van der Waals surface area contributed by atoms with E-state index in [9.17, 15) is 4.79 Å². The number of aryl methyl sites for hydroxylation is 1. The standard InChI is InChI=1S/C17H28N4O/c1-13(2)16-12-21(17(22)15-9-18-19(3)11-15)8-4-7-20(16)10-14-5-6-14/h9,11,13-14,16H,4-8,10,12H2,1-3H3/t16-/m0/s1. The molecule has 1 aromatic rings. The lowest BCUT2D eigenvalue weighted by atomic mass is 10.0. The number of carbonyl (C=O) groups excluding carboxylic acids is 1. The largest absolute Gasteiger partial charge is 0.337 e. The highest BCUT2D eigenvalue weighted by atomic mass is 16.2. The molecule has 1 atom stereocenters. The van der Waals surface area contributed by atoms with Crippen LogP contribution in [-0.2, 0) is 7.05 Å². The maximum Gasteiger partial charge on any atom is 0.257 e. The molecule has 1 aliphatic heterocycles. The van der Waals surface area contributed by atoms with E-state index >= 15 is 0 Å². The van der Waals surface area contributed by atoms with Crippen LogP contribution in [0.5, 0.6) is 0 Å². The molecule has 1 aromatic heterocycles. The maximum absolute atomic E-state index is 12.7. The number of nitrogens with zero attached hydrogens (tertiary/aromatic N) is 4. The van der Waals surface area contributed by atoms with Crippen LogP contribution in [0.1, 0.15) is 43.5 Å². The molecule has 1 aliphatic carbocycles. The van der Waals surface area contributed by atoms with Crippen molar-refractivity contribution >= 4 is 5.91 Å². The second-order valence-corrected chi connectivity index (χ2v) is 7.26. The zero-order valence-electron chi connectivity index (χ0n) is 14.0. The second kappa shape index (κ2) is 6.41. The van der Waals surface area contributed by atoms with Crippen LogP contribution in [0.15, 0.2) is 12.4 Å². The summed E-state index contributed by atoms with van der Waals surface area (Å²) in [6.07, 6.45) is 7.35. The SMILES string of the molecule is CC(C)[C@@H]1CN(C(=O)c2cnn(C)c2)CCCN1CC1CC1. The van der Waals surface area contributed by atoms with Crippen LogP contribution in [0, 0.1) is 11.8 Å². The first kappa shape index (κ1) is 15.5. The molecule has 22 heavy (non-hydrogen) atoms. The molecule has 5 nitrogen and oxygen atoms in total. The van der Waals surface area contributed by atoms with Crippen molar-refractivity contribution in [2.24, 2.45) is 18.9 Å². The van der Waals surface area contributed by atoms with Crippen molar-refractivity contribution < 1.29 is 4.79 Å². The molecule has 3 rings (SSSR count). The normalized spacial score (nSPS) is 23.8. The molecule has 0 radical (unpaired) electrons. The second-order valence-electron chi connectivity index (χ2n) is 7.26. The number of rotatable bonds is 4. The topological polar surface area (TPSA) is 41.4 Å². The molecule has 0 bridgehead atoms. The molecular formula is C17H28N4O. The summed E-state index contributed by atoms with van der Waals surface area (Å²) in [6, 6.07) is 0.476. The Bertz CT molecular complexity index is 520. The van der Waals surface area contributed by atoms with E-state index in [0.29, 0.717) is 17.5 Å². The van der Waals surface area contributed by atoms with E-state index in [1.165, 1.54) is 19.4 Å². The van der Waals surface area contributed by atoms with Gasteiger partial charge in [0.25, 0.3) is 5.91 Å². The van der Waals surface area contributed by atoms with Crippen LogP contribution in [0.2, 0.25) is 0 Å². The summed E-state index contributed by atoms with van der Waals surface area (Å²) in [5, 5.41) is 4.13. The highest BCUT2D eigenvalue weighted by Gasteiger charge is 2.33. The fraction of sp³-hybridized carbons (Fsp3) is 0.765. The van der Waals surface area contributed by atoms with Gasteiger partial charge in [-0.1, -0.05) is 13.8 Å². The molecule has 1 amide bonds. The van der Waals surface area contributed by atoms with Gasteiger partial charge in [0, 0.05) is 45.5 Å². The third-order valence-electron chi connectivity index (χ3n) is 4.95. The fourth-order valence-corrected chi connectivity index (χ4v) is 3.45. The predicted octanol–water partition coefficient (Wildman–Crippen LogP) is 2.00. The lowest BCUT2D eigenvalue weighted by molar-refractivity contribution is 0.0704. The van der Waals surface area contributed by atoms with Gasteiger partial charge in [0.05, 0.1) is 11.8 Å². The Balaban J connectivity index is 1.71. The van der Waals surface area contributed by atoms with Gasteiger partial charge in [-0.3, -0.25) is 14.4 Å². The first-order valence-corrected chi connectivity index (χ1v) is 8.56. The van der Waals surface area contributed by atoms with Crippen LogP contribution in [-0.4, -0.2) is 57.7 Å². The van der Waals surface area contributed by atoms with Crippen molar-refractivity contribution in [3.05, 3.63) is 18.0 Å². The molecule has 122 valence electrons. The average molecular weight is 304 g/mol. The minimum absolute atomic E-state index is 0.132. The van der Waals surface area contributed by atoms with Crippen LogP contribution < -0.4 is 0 Å². The van der Waals surface area contributed by atoms with Gasteiger partial charge in [-0.15, -0.1) is 0 Å². The molecule has 0 unspecified atom stereocenters. The van der Waals surface area contributed by atoms with Gasteiger partial charge in [0.2, 0.25) is 0 Å². The lowest BCUT2D eigenvalue weighted by Gasteiger charge is -2.34. The number of hydrogen-bond acceptors (Lipinski definition) is 3. The van der Waals surface area contributed by atoms with Crippen molar-refractivity contribution in [1.82, 2.24) is 19.6 Å². The smallest absolute Gasteiger partial charge is 0.257 e. The summed E-state index contributed by atoms with van der Waals surface area (Å²) < 4.78 is 1.70. The van der Waals surface area contributed by atoms with E-state index in [2.05, 4.69) is 23.8 Å². The highest BCUT2D eigenvalue weighted by molar-refractivity contribution is 5.93. The quantitative estimate of drug-likeness (QED) is 0.854. The Morgan fingerprint density at radius 3 is 2.73 bits per heavy atom. The Morgan fingerprint density at radius 1 is 1.36 bits per heavy atom. The van der Waals surface area contributed by atoms with Crippen molar-refractivity contribution in [2.45, 2.75) is 39.2 Å². The van der Waals surface area contributed by atoms with Gasteiger partial charge in [-0.05, 0) is 31.1 Å². The molecule has 0 N–H and O–H groups in total. The van der Waals surface area contributed by atoms with Crippen LogP contribution in [0.3, 0.4) is 0 Å². The number of carbonyl (C=O) groups is 1. The van der Waals surface area contributed by atoms with Gasteiger partial charge in [0.1, 0.15) is 0 Å². The molecular weight excluding hydrogens is 276 g/mol. The summed E-state index contributed by atoms with van der Waals surface area (Å²) in [4.78, 5) is 17.4. The zero-order valence-corrected chi connectivity index (χ0v) is 14.0. The van der Waals surface area contributed by atoms with E-state index in [0.717, 1.165) is 32.0 Å². The first-order valence-electron chi connectivity index (χ1n) is 8.56. The molecule has 0 spiro atoms. The Kier molecular flexibility index (Phi) is 4.52. The molecule has 2 fully saturated rings. The minimum Gasteiger partial charge on any atom is -0.337 e. The van der Waals surface area contributed by atoms with E-state index in [4.69, 9.17) is 0 Å². The van der Waals surface area contributed by atoms with Crippen molar-refractivity contribution in [3.63, 3.8) is 0 Å². The summed E-state index contributed by atoms with van der Waals surface area (Å²) >= 11 is 0. The maximum atomic E-state index is 12.7. The third-order valence-corrected chi connectivity index (χ3v) is 4.95. The fourth-order valence-electron chi connectivity index (χ4n) is 3.45. The Morgan fingerprint density at radius 2 is 2.14 bits per heavy atom. The van der Waals surface area contributed by atoms with Gasteiger partial charge in [-0.2, -0.15) is 5.10 Å². The van der Waals surface area contributed by atoms with Crippen LogP contribution in [0.4, 0.5) is 0 Å². The van der Waals surface area contributed by atoms with E-state index in [1.54, 1.807) is 10.9 Å². The predicted molar refractivity (Wildman–Crippen MR) is 86.7 cm³/mol. The van der Waals surface area contributed by atoms with E-state index < -0.39 is 0 Å². The molecule has 1 saturated heterocycles. The lowest BCUT2D eigenvalue weighted by Crippen LogP contribution is -2.46. The van der Waals surface area contributed by atoms with Crippen molar-refractivity contribution in [3.8, 4) is 0 Å². The van der Waals surface area contributed by atoms with E-state index in [1.807, 2.05) is 18.1 Å². The molecule has 5 heteroatoms. The van der Waals surface area contributed by atoms with Gasteiger partial charge in [-0.25, -0.2) is 0 Å². The third kappa shape index (κ3) is 3.51. The van der Waals surface area contributed by atoms with Gasteiger partial charge in [0.15, 0.2) is 0 Å². The Labute approximate surface area is 133 Å². The summed E-state index contributed by atoms with van der Waals surface area (Å²) in [5.41, 5.74) is 0.709. The van der Waals surface area contributed by atoms with Gasteiger partial charge >= 0.3 is 0 Å². The number of amides is 1. The minimum atomic E-state index is 0.132. The van der Waals surface area contributed by atoms with Gasteiger partial charge < -0.3 is 4.90 Å². The van der Waals surface area contributed by atoms with Crippen LogP contribution >= 0.6 is 0 Å². The number of hydrogen-bond donors (Lipinski definition) is 0. The summed E-state index contributed by atoms with van der Waals surface area (Å²) in [7, 11) is 1.85. The van der Waals surface area contributed by atoms with E-state index in [-0.39, 0.29) is 5.91 Å². The molecule has 2 heterocycles. The molecule has 1 saturated carbocycles. The number of aromatic nitrogens is 2. The Hall–Kier alpha value is -1.36. The monoisotopic (exact) mass is 304 g/mol. The van der Waals surface area contributed by atoms with Crippen LogP contribution in [0.25, 0.3) is 0 Å². The van der Waals surface area contributed by atoms with Crippen molar-refractivity contribution in [1.29, 1.82) is 0 Å². The average Bonchev–Trinajstić information content (AvgIpc) is 3.23. The zero-order chi connectivity index (χ0) is 15.7. The first-order chi connectivity index (χ1) is 10.5.